The van der Waals surface area contributed by atoms with Crippen LogP contribution in [0.5, 0.6) is 0 Å². The Hall–Kier alpha value is -1.66. The number of nitrogens with two attached hydrogens (primary N) is 1. The molecule has 1 atom stereocenters. The van der Waals surface area contributed by atoms with Crippen molar-refractivity contribution in [1.29, 1.82) is 0 Å². The van der Waals surface area contributed by atoms with Crippen LogP contribution in [0.4, 0.5) is 10.1 Å². The molecule has 1 fully saturated rings. The molecule has 1 aliphatic heterocycles. The lowest BCUT2D eigenvalue weighted by molar-refractivity contribution is -0.919. The highest BCUT2D eigenvalue weighted by Crippen LogP contribution is 2.19. The van der Waals surface area contributed by atoms with Crippen LogP contribution in [0.25, 0.3) is 0 Å². The SMILES string of the molecule is C[C@@H](C(=O)Nc1ccc(Cl)cc1F)[NH+]1CCC(C(N)=O)CC1. The minimum atomic E-state index is -0.560. The van der Waals surface area contributed by atoms with Crippen molar-refractivity contribution in [2.24, 2.45) is 11.7 Å². The quantitative estimate of drug-likeness (QED) is 0.756. The molecular formula is C15H20ClFN3O2+. The van der Waals surface area contributed by atoms with Crippen molar-refractivity contribution >= 4 is 29.1 Å². The van der Waals surface area contributed by atoms with E-state index in [1.54, 1.807) is 6.92 Å². The summed E-state index contributed by atoms with van der Waals surface area (Å²) in [7, 11) is 0. The average molecular weight is 329 g/mol. The Kier molecular flexibility index (Phi) is 5.37. The predicted molar refractivity (Wildman–Crippen MR) is 82.1 cm³/mol. The summed E-state index contributed by atoms with van der Waals surface area (Å²) in [6.07, 6.45) is 1.36. The molecule has 7 heteroatoms. The van der Waals surface area contributed by atoms with Gasteiger partial charge in [-0.15, -0.1) is 0 Å². The topological polar surface area (TPSA) is 76.6 Å². The van der Waals surface area contributed by atoms with Crippen LogP contribution in [-0.2, 0) is 9.59 Å². The first-order valence-electron chi connectivity index (χ1n) is 7.28. The van der Waals surface area contributed by atoms with Gasteiger partial charge in [0.05, 0.1) is 18.8 Å². The second kappa shape index (κ2) is 7.07. The number of benzene rings is 1. The number of likely N-dealkylation sites (tertiary alicyclic amines) is 1. The highest BCUT2D eigenvalue weighted by atomic mass is 35.5. The Morgan fingerprint density at radius 2 is 2.05 bits per heavy atom. The third-order valence-corrected chi connectivity index (χ3v) is 4.46. The molecule has 0 aromatic heterocycles. The number of hydrogen-bond acceptors (Lipinski definition) is 2. The molecule has 2 rings (SSSR count). The Morgan fingerprint density at radius 1 is 1.41 bits per heavy atom. The summed E-state index contributed by atoms with van der Waals surface area (Å²) in [6.45, 7) is 3.19. The molecule has 0 aliphatic carbocycles. The van der Waals surface area contributed by atoms with Crippen molar-refractivity contribution in [3.05, 3.63) is 29.0 Å². The van der Waals surface area contributed by atoms with Gasteiger partial charge in [0.1, 0.15) is 5.82 Å². The lowest BCUT2D eigenvalue weighted by atomic mass is 9.95. The molecule has 1 aromatic rings. The maximum Gasteiger partial charge on any atom is 0.282 e. The van der Waals surface area contributed by atoms with Gasteiger partial charge in [-0.3, -0.25) is 9.59 Å². The fraction of sp³-hybridized carbons (Fsp3) is 0.467. The third-order valence-electron chi connectivity index (χ3n) is 4.22. The molecular weight excluding hydrogens is 309 g/mol. The molecule has 4 N–H and O–H groups in total. The molecule has 1 heterocycles. The summed E-state index contributed by atoms with van der Waals surface area (Å²) in [5, 5.41) is 2.86. The molecule has 0 radical (unpaired) electrons. The molecule has 2 amide bonds. The van der Waals surface area contributed by atoms with Gasteiger partial charge in [0.25, 0.3) is 5.91 Å². The Morgan fingerprint density at radius 3 is 2.59 bits per heavy atom. The molecule has 1 aromatic carbocycles. The third kappa shape index (κ3) is 3.96. The van der Waals surface area contributed by atoms with E-state index in [1.807, 2.05) is 0 Å². The first kappa shape index (κ1) is 16.7. The first-order valence-corrected chi connectivity index (χ1v) is 7.66. The highest BCUT2D eigenvalue weighted by Gasteiger charge is 2.32. The number of rotatable bonds is 4. The summed E-state index contributed by atoms with van der Waals surface area (Å²) in [5.41, 5.74) is 5.42. The van der Waals surface area contributed by atoms with Gasteiger partial charge in [0.2, 0.25) is 5.91 Å². The predicted octanol–water partition coefficient (Wildman–Crippen LogP) is 0.586. The number of hydrogen-bond donors (Lipinski definition) is 3. The van der Waals surface area contributed by atoms with Crippen LogP contribution in [-0.4, -0.2) is 30.9 Å². The van der Waals surface area contributed by atoms with E-state index < -0.39 is 5.82 Å². The van der Waals surface area contributed by atoms with E-state index in [0.29, 0.717) is 25.9 Å². The number of carbonyl (C=O) groups is 2. The van der Waals surface area contributed by atoms with E-state index >= 15 is 0 Å². The maximum atomic E-state index is 13.7. The van der Waals surface area contributed by atoms with Crippen LogP contribution in [0.1, 0.15) is 19.8 Å². The van der Waals surface area contributed by atoms with E-state index in [4.69, 9.17) is 17.3 Å². The zero-order chi connectivity index (χ0) is 16.3. The van der Waals surface area contributed by atoms with Gasteiger partial charge in [0, 0.05) is 23.8 Å². The van der Waals surface area contributed by atoms with Crippen LogP contribution < -0.4 is 16.0 Å². The standard InChI is InChI=1S/C15H19ClFN3O2/c1-9(20-6-4-10(5-7-20)14(18)21)15(22)19-13-3-2-11(16)8-12(13)17/h2-3,8-10H,4-7H2,1H3,(H2,18,21)(H,19,22)/p+1/t9-/m0/s1. The lowest BCUT2D eigenvalue weighted by Crippen LogP contribution is -3.17. The van der Waals surface area contributed by atoms with Gasteiger partial charge < -0.3 is 16.0 Å². The summed E-state index contributed by atoms with van der Waals surface area (Å²) in [4.78, 5) is 24.5. The first-order chi connectivity index (χ1) is 10.4. The molecule has 22 heavy (non-hydrogen) atoms. The lowest BCUT2D eigenvalue weighted by Gasteiger charge is -2.31. The van der Waals surface area contributed by atoms with E-state index in [-0.39, 0.29) is 34.5 Å². The summed E-state index contributed by atoms with van der Waals surface area (Å²) in [5.74, 6) is -1.20. The van der Waals surface area contributed by atoms with Gasteiger partial charge in [0.15, 0.2) is 6.04 Å². The Bertz CT molecular complexity index is 574. The van der Waals surface area contributed by atoms with Crippen molar-refractivity contribution in [1.82, 2.24) is 0 Å². The van der Waals surface area contributed by atoms with Crippen molar-refractivity contribution in [3.8, 4) is 0 Å². The number of primary amides is 1. The molecule has 0 spiro atoms. The summed E-state index contributed by atoms with van der Waals surface area (Å²) >= 11 is 5.68. The van der Waals surface area contributed by atoms with Crippen LogP contribution in [0.15, 0.2) is 18.2 Å². The fourth-order valence-electron chi connectivity index (χ4n) is 2.72. The Balaban J connectivity index is 1.94. The summed E-state index contributed by atoms with van der Waals surface area (Å²) < 4.78 is 13.7. The minimum absolute atomic E-state index is 0.104. The maximum absolute atomic E-state index is 13.7. The van der Waals surface area contributed by atoms with Gasteiger partial charge >= 0.3 is 0 Å². The number of halogens is 2. The number of piperidine rings is 1. The van der Waals surface area contributed by atoms with E-state index in [2.05, 4.69) is 5.32 Å². The molecule has 0 saturated carbocycles. The van der Waals surface area contributed by atoms with E-state index in [1.165, 1.54) is 12.1 Å². The molecule has 0 bridgehead atoms. The van der Waals surface area contributed by atoms with E-state index in [9.17, 15) is 14.0 Å². The number of anilines is 1. The molecule has 120 valence electrons. The summed E-state index contributed by atoms with van der Waals surface area (Å²) in [6, 6.07) is 3.80. The van der Waals surface area contributed by atoms with Crippen LogP contribution in [0.3, 0.4) is 0 Å². The average Bonchev–Trinajstić information content (AvgIpc) is 2.49. The van der Waals surface area contributed by atoms with Gasteiger partial charge in [-0.2, -0.15) is 0 Å². The molecule has 0 unspecified atom stereocenters. The molecule has 1 aliphatic rings. The van der Waals surface area contributed by atoms with Crippen LogP contribution in [0, 0.1) is 11.7 Å². The number of carbonyl (C=O) groups excluding carboxylic acids is 2. The monoisotopic (exact) mass is 328 g/mol. The molecule has 5 nitrogen and oxygen atoms in total. The number of nitrogens with one attached hydrogen (secondary N) is 2. The second-order valence-electron chi connectivity index (χ2n) is 5.67. The largest absolute Gasteiger partial charge is 0.369 e. The van der Waals surface area contributed by atoms with Crippen molar-refractivity contribution in [3.63, 3.8) is 0 Å². The van der Waals surface area contributed by atoms with Crippen LogP contribution >= 0.6 is 11.6 Å². The number of quaternary nitrogens is 1. The van der Waals surface area contributed by atoms with Crippen molar-refractivity contribution < 1.29 is 18.9 Å². The zero-order valence-electron chi connectivity index (χ0n) is 12.4. The normalized spacial score (nSPS) is 22.9. The highest BCUT2D eigenvalue weighted by molar-refractivity contribution is 6.30. The van der Waals surface area contributed by atoms with Crippen molar-refractivity contribution in [2.75, 3.05) is 18.4 Å². The fourth-order valence-corrected chi connectivity index (χ4v) is 2.88. The second-order valence-corrected chi connectivity index (χ2v) is 6.11. The smallest absolute Gasteiger partial charge is 0.282 e. The zero-order valence-corrected chi connectivity index (χ0v) is 13.1. The Labute approximate surface area is 133 Å². The van der Waals surface area contributed by atoms with Gasteiger partial charge in [-0.25, -0.2) is 4.39 Å². The molecule has 1 saturated heterocycles. The van der Waals surface area contributed by atoms with E-state index in [0.717, 1.165) is 11.0 Å². The van der Waals surface area contributed by atoms with Gasteiger partial charge in [-0.1, -0.05) is 11.6 Å². The van der Waals surface area contributed by atoms with Crippen molar-refractivity contribution in [2.45, 2.75) is 25.8 Å². The van der Waals surface area contributed by atoms with Gasteiger partial charge in [-0.05, 0) is 25.1 Å². The number of amides is 2. The van der Waals surface area contributed by atoms with Crippen LogP contribution in [0.2, 0.25) is 5.02 Å². The minimum Gasteiger partial charge on any atom is -0.369 e.